The normalized spacial score (nSPS) is 11.6. The van der Waals surface area contributed by atoms with Gasteiger partial charge in [-0.2, -0.15) is 10.2 Å². The van der Waals surface area contributed by atoms with Crippen molar-refractivity contribution >= 4 is 5.52 Å². The largest absolute Gasteiger partial charge is 0.396 e. The predicted octanol–water partition coefficient (Wildman–Crippen LogP) is 2.17. The molecular formula is C16H21N5O. The Morgan fingerprint density at radius 3 is 2.91 bits per heavy atom. The molecule has 22 heavy (non-hydrogen) atoms. The highest BCUT2D eigenvalue weighted by molar-refractivity contribution is 5.63. The number of aliphatic hydroxyl groups is 1. The molecule has 0 aromatic carbocycles. The number of pyridine rings is 1. The molecule has 0 amide bonds. The Morgan fingerprint density at radius 1 is 1.27 bits per heavy atom. The van der Waals surface area contributed by atoms with Crippen molar-refractivity contribution in [3.05, 3.63) is 36.4 Å². The zero-order valence-corrected chi connectivity index (χ0v) is 13.0. The van der Waals surface area contributed by atoms with E-state index in [1.54, 1.807) is 6.20 Å². The summed E-state index contributed by atoms with van der Waals surface area (Å²) in [6.45, 7) is 5.14. The Bertz CT molecular complexity index is 759. The maximum Gasteiger partial charge on any atom is 0.158 e. The zero-order valence-electron chi connectivity index (χ0n) is 13.0. The van der Waals surface area contributed by atoms with Crippen LogP contribution in [0.4, 0.5) is 0 Å². The maximum absolute atomic E-state index is 9.08. The van der Waals surface area contributed by atoms with E-state index >= 15 is 0 Å². The van der Waals surface area contributed by atoms with Crippen LogP contribution in [-0.4, -0.2) is 36.1 Å². The van der Waals surface area contributed by atoms with Crippen LogP contribution in [0.3, 0.4) is 0 Å². The fraction of sp³-hybridized carbons (Fsp3) is 0.438. The van der Waals surface area contributed by atoms with Crippen LogP contribution in [0, 0.1) is 5.92 Å². The molecule has 3 heterocycles. The minimum atomic E-state index is 0.153. The second kappa shape index (κ2) is 6.27. The standard InChI is InChI=1S/C16H21N5O/c1-12(2)10-15-18-16(21(19-15)7-3-9-22)13-5-8-20-14(11-13)4-6-17-20/h4-6,8,11-12,22H,3,7,9-10H2,1-2H3. The molecule has 0 unspecified atom stereocenters. The number of aliphatic hydroxyl groups excluding tert-OH is 1. The van der Waals surface area contributed by atoms with E-state index in [9.17, 15) is 0 Å². The molecule has 6 nitrogen and oxygen atoms in total. The maximum atomic E-state index is 9.08. The van der Waals surface area contributed by atoms with Crippen LogP contribution in [0.5, 0.6) is 0 Å². The molecule has 0 aliphatic rings. The van der Waals surface area contributed by atoms with Crippen molar-refractivity contribution in [3.63, 3.8) is 0 Å². The Morgan fingerprint density at radius 2 is 2.14 bits per heavy atom. The third kappa shape index (κ3) is 3.01. The van der Waals surface area contributed by atoms with Crippen molar-refractivity contribution in [2.24, 2.45) is 5.92 Å². The number of hydrogen-bond donors (Lipinski definition) is 1. The van der Waals surface area contributed by atoms with Gasteiger partial charge in [-0.05, 0) is 30.5 Å². The van der Waals surface area contributed by atoms with Gasteiger partial charge in [-0.25, -0.2) is 14.2 Å². The van der Waals surface area contributed by atoms with Gasteiger partial charge < -0.3 is 5.11 Å². The van der Waals surface area contributed by atoms with Crippen molar-refractivity contribution in [2.45, 2.75) is 33.2 Å². The van der Waals surface area contributed by atoms with Crippen LogP contribution in [0.2, 0.25) is 0 Å². The summed E-state index contributed by atoms with van der Waals surface area (Å²) in [4.78, 5) is 4.71. The topological polar surface area (TPSA) is 68.2 Å². The van der Waals surface area contributed by atoms with Crippen molar-refractivity contribution in [1.29, 1.82) is 0 Å². The second-order valence-electron chi connectivity index (χ2n) is 5.87. The van der Waals surface area contributed by atoms with E-state index in [1.165, 1.54) is 0 Å². The van der Waals surface area contributed by atoms with Gasteiger partial charge in [0.25, 0.3) is 0 Å². The quantitative estimate of drug-likeness (QED) is 0.757. The number of hydrogen-bond acceptors (Lipinski definition) is 4. The number of aryl methyl sites for hydroxylation is 1. The molecule has 3 rings (SSSR count). The monoisotopic (exact) mass is 299 g/mol. The van der Waals surface area contributed by atoms with Gasteiger partial charge in [-0.15, -0.1) is 0 Å². The van der Waals surface area contributed by atoms with Gasteiger partial charge in [0.2, 0.25) is 0 Å². The van der Waals surface area contributed by atoms with Crippen molar-refractivity contribution < 1.29 is 5.11 Å². The SMILES string of the molecule is CC(C)Cc1nc(-c2ccn3nccc3c2)n(CCCO)n1. The van der Waals surface area contributed by atoms with Crippen molar-refractivity contribution in [1.82, 2.24) is 24.4 Å². The summed E-state index contributed by atoms with van der Waals surface area (Å²) in [7, 11) is 0. The first-order valence-corrected chi connectivity index (χ1v) is 7.65. The summed E-state index contributed by atoms with van der Waals surface area (Å²) in [5.41, 5.74) is 2.05. The minimum absolute atomic E-state index is 0.153. The zero-order chi connectivity index (χ0) is 15.5. The van der Waals surface area contributed by atoms with Gasteiger partial charge in [-0.1, -0.05) is 13.8 Å². The fourth-order valence-corrected chi connectivity index (χ4v) is 2.49. The highest BCUT2D eigenvalue weighted by Crippen LogP contribution is 2.20. The fourth-order valence-electron chi connectivity index (χ4n) is 2.49. The van der Waals surface area contributed by atoms with Gasteiger partial charge in [0, 0.05) is 37.5 Å². The van der Waals surface area contributed by atoms with E-state index in [0.717, 1.165) is 29.1 Å². The summed E-state index contributed by atoms with van der Waals surface area (Å²) in [5, 5.41) is 17.9. The van der Waals surface area contributed by atoms with E-state index in [-0.39, 0.29) is 6.61 Å². The van der Waals surface area contributed by atoms with Gasteiger partial charge in [0.05, 0.1) is 5.52 Å². The smallest absolute Gasteiger partial charge is 0.158 e. The third-order valence-electron chi connectivity index (χ3n) is 3.49. The molecule has 0 radical (unpaired) electrons. The first kappa shape index (κ1) is 14.7. The summed E-state index contributed by atoms with van der Waals surface area (Å²) in [5.74, 6) is 2.22. The van der Waals surface area contributed by atoms with Crippen LogP contribution in [0.25, 0.3) is 16.9 Å². The minimum Gasteiger partial charge on any atom is -0.396 e. The van der Waals surface area contributed by atoms with E-state index in [4.69, 9.17) is 10.1 Å². The number of nitrogens with zero attached hydrogens (tertiary/aromatic N) is 5. The molecule has 116 valence electrons. The van der Waals surface area contributed by atoms with E-state index in [0.29, 0.717) is 18.9 Å². The first-order valence-electron chi connectivity index (χ1n) is 7.65. The van der Waals surface area contributed by atoms with Crippen molar-refractivity contribution in [3.8, 4) is 11.4 Å². The Balaban J connectivity index is 2.00. The Labute approximate surface area is 129 Å². The van der Waals surface area contributed by atoms with Crippen LogP contribution in [0.1, 0.15) is 26.1 Å². The molecular weight excluding hydrogens is 278 g/mol. The van der Waals surface area contributed by atoms with Crippen LogP contribution in [-0.2, 0) is 13.0 Å². The molecule has 0 atom stereocenters. The molecule has 0 saturated heterocycles. The van der Waals surface area contributed by atoms with Crippen LogP contribution in [0.15, 0.2) is 30.6 Å². The lowest BCUT2D eigenvalue weighted by Gasteiger charge is -2.05. The summed E-state index contributed by atoms with van der Waals surface area (Å²) in [6.07, 6.45) is 5.23. The Kier molecular flexibility index (Phi) is 4.20. The molecule has 3 aromatic rings. The molecule has 0 bridgehead atoms. The molecule has 0 aliphatic carbocycles. The lowest BCUT2D eigenvalue weighted by molar-refractivity contribution is 0.277. The molecule has 0 aliphatic heterocycles. The number of aromatic nitrogens is 5. The van der Waals surface area contributed by atoms with Gasteiger partial charge in [0.15, 0.2) is 11.6 Å². The summed E-state index contributed by atoms with van der Waals surface area (Å²) in [6, 6.07) is 6.02. The average Bonchev–Trinajstić information content (AvgIpc) is 3.10. The number of fused-ring (bicyclic) bond motifs is 1. The number of rotatable bonds is 6. The average molecular weight is 299 g/mol. The predicted molar refractivity (Wildman–Crippen MR) is 84.5 cm³/mol. The highest BCUT2D eigenvalue weighted by atomic mass is 16.3. The van der Waals surface area contributed by atoms with Gasteiger partial charge in [0.1, 0.15) is 0 Å². The molecule has 0 fully saturated rings. The van der Waals surface area contributed by atoms with Crippen LogP contribution < -0.4 is 0 Å². The van der Waals surface area contributed by atoms with Gasteiger partial charge in [-0.3, -0.25) is 0 Å². The molecule has 6 heteroatoms. The summed E-state index contributed by atoms with van der Waals surface area (Å²) >= 11 is 0. The lowest BCUT2D eigenvalue weighted by atomic mass is 10.1. The third-order valence-corrected chi connectivity index (χ3v) is 3.49. The van der Waals surface area contributed by atoms with E-state index < -0.39 is 0 Å². The molecule has 3 aromatic heterocycles. The first-order chi connectivity index (χ1) is 10.7. The summed E-state index contributed by atoms with van der Waals surface area (Å²) < 4.78 is 3.73. The molecule has 0 saturated carbocycles. The van der Waals surface area contributed by atoms with Crippen molar-refractivity contribution in [2.75, 3.05) is 6.61 Å². The van der Waals surface area contributed by atoms with E-state index in [2.05, 4.69) is 30.1 Å². The highest BCUT2D eigenvalue weighted by Gasteiger charge is 2.13. The van der Waals surface area contributed by atoms with Gasteiger partial charge >= 0.3 is 0 Å². The lowest BCUT2D eigenvalue weighted by Crippen LogP contribution is -2.05. The van der Waals surface area contributed by atoms with Crippen LogP contribution >= 0.6 is 0 Å². The molecule has 0 spiro atoms. The second-order valence-corrected chi connectivity index (χ2v) is 5.87. The Hall–Kier alpha value is -2.21. The van der Waals surface area contributed by atoms with E-state index in [1.807, 2.05) is 27.5 Å². The molecule has 1 N–H and O–H groups in total.